The highest BCUT2D eigenvalue weighted by atomic mass is 15.1. The van der Waals surface area contributed by atoms with Crippen molar-refractivity contribution in [3.05, 3.63) is 29.6 Å². The van der Waals surface area contributed by atoms with E-state index in [9.17, 15) is 0 Å². The molecule has 1 aromatic rings. The average Bonchev–Trinajstić information content (AvgIpc) is 2.25. The van der Waals surface area contributed by atoms with Crippen LogP contribution in [0, 0.1) is 5.92 Å². The van der Waals surface area contributed by atoms with Gasteiger partial charge >= 0.3 is 0 Å². The molecule has 3 nitrogen and oxygen atoms in total. The minimum Gasteiger partial charge on any atom is -0.326 e. The van der Waals surface area contributed by atoms with Crippen LogP contribution < -0.4 is 5.73 Å². The summed E-state index contributed by atoms with van der Waals surface area (Å²) in [6, 6.07) is 4.15. The number of nitrogens with zero attached hydrogens (tertiary/aromatic N) is 2. The van der Waals surface area contributed by atoms with E-state index in [0.29, 0.717) is 6.54 Å². The highest BCUT2D eigenvalue weighted by molar-refractivity contribution is 5.13. The topological polar surface area (TPSA) is 42.1 Å². The molecule has 1 aliphatic carbocycles. The lowest BCUT2D eigenvalue weighted by Gasteiger charge is -2.29. The Morgan fingerprint density at radius 1 is 1.44 bits per heavy atom. The van der Waals surface area contributed by atoms with E-state index in [-0.39, 0.29) is 0 Å². The van der Waals surface area contributed by atoms with E-state index in [1.165, 1.54) is 25.8 Å². The van der Waals surface area contributed by atoms with Crippen LogP contribution in [0.25, 0.3) is 0 Å². The van der Waals surface area contributed by atoms with Crippen LogP contribution in [0.5, 0.6) is 0 Å². The molecule has 1 fully saturated rings. The van der Waals surface area contributed by atoms with Crippen LogP contribution in [0.1, 0.15) is 30.5 Å². The molecule has 88 valence electrons. The van der Waals surface area contributed by atoms with Gasteiger partial charge in [-0.3, -0.25) is 4.98 Å². The fraction of sp³-hybridized carbons (Fsp3) is 0.615. The van der Waals surface area contributed by atoms with Gasteiger partial charge < -0.3 is 10.6 Å². The molecule has 3 heteroatoms. The first-order valence-electron chi connectivity index (χ1n) is 6.10. The van der Waals surface area contributed by atoms with E-state index in [1.807, 2.05) is 6.20 Å². The molecule has 1 heterocycles. The Labute approximate surface area is 97.7 Å². The van der Waals surface area contributed by atoms with Crippen molar-refractivity contribution in [1.82, 2.24) is 9.88 Å². The fourth-order valence-electron chi connectivity index (χ4n) is 2.13. The second kappa shape index (κ2) is 5.41. The van der Waals surface area contributed by atoms with Crippen molar-refractivity contribution in [1.29, 1.82) is 0 Å². The number of hydrogen-bond donors (Lipinski definition) is 1. The Hall–Kier alpha value is -0.930. The predicted molar refractivity (Wildman–Crippen MR) is 65.8 cm³/mol. The monoisotopic (exact) mass is 219 g/mol. The molecule has 0 aromatic carbocycles. The second-order valence-electron chi connectivity index (χ2n) is 4.86. The number of aromatic nitrogens is 1. The van der Waals surface area contributed by atoms with E-state index < -0.39 is 0 Å². The molecule has 1 saturated carbocycles. The molecule has 0 unspecified atom stereocenters. The van der Waals surface area contributed by atoms with Crippen molar-refractivity contribution < 1.29 is 0 Å². The Morgan fingerprint density at radius 3 is 2.75 bits per heavy atom. The van der Waals surface area contributed by atoms with Gasteiger partial charge in [-0.05, 0) is 37.4 Å². The molecular weight excluding hydrogens is 198 g/mol. The molecular formula is C13H21N3. The third kappa shape index (κ3) is 3.03. The van der Waals surface area contributed by atoms with Crippen LogP contribution in [0.3, 0.4) is 0 Å². The molecule has 1 aliphatic rings. The van der Waals surface area contributed by atoms with Gasteiger partial charge in [0, 0.05) is 25.8 Å². The third-order valence-electron chi connectivity index (χ3n) is 3.35. The van der Waals surface area contributed by atoms with Crippen LogP contribution in [0.4, 0.5) is 0 Å². The van der Waals surface area contributed by atoms with Gasteiger partial charge in [0.05, 0.1) is 5.69 Å². The molecule has 2 N–H and O–H groups in total. The van der Waals surface area contributed by atoms with E-state index in [1.54, 1.807) is 0 Å². The van der Waals surface area contributed by atoms with Gasteiger partial charge in [0.15, 0.2) is 0 Å². The van der Waals surface area contributed by atoms with Crippen LogP contribution in [0.15, 0.2) is 18.3 Å². The molecule has 0 radical (unpaired) electrons. The van der Waals surface area contributed by atoms with E-state index in [4.69, 9.17) is 5.73 Å². The third-order valence-corrected chi connectivity index (χ3v) is 3.35. The Kier molecular flexibility index (Phi) is 3.91. The smallest absolute Gasteiger partial charge is 0.0544 e. The van der Waals surface area contributed by atoms with Crippen molar-refractivity contribution >= 4 is 0 Å². The fourth-order valence-corrected chi connectivity index (χ4v) is 2.13. The lowest BCUT2D eigenvalue weighted by molar-refractivity contribution is 0.199. The Balaban J connectivity index is 1.82. The van der Waals surface area contributed by atoms with Crippen molar-refractivity contribution in [2.75, 3.05) is 13.6 Å². The normalized spacial score (nSPS) is 16.4. The number of hydrogen-bond acceptors (Lipinski definition) is 3. The largest absolute Gasteiger partial charge is 0.326 e. The summed E-state index contributed by atoms with van der Waals surface area (Å²) in [5, 5.41) is 0. The molecule has 0 bridgehead atoms. The predicted octanol–water partition coefficient (Wildman–Crippen LogP) is 1.77. The summed E-state index contributed by atoms with van der Waals surface area (Å²) in [6.07, 6.45) is 6.11. The summed E-state index contributed by atoms with van der Waals surface area (Å²) in [6.45, 7) is 2.73. The number of nitrogens with two attached hydrogens (primary N) is 1. The van der Waals surface area contributed by atoms with Gasteiger partial charge in [0.2, 0.25) is 0 Å². The Bertz CT molecular complexity index is 316. The summed E-state index contributed by atoms with van der Waals surface area (Å²) in [7, 11) is 2.18. The quantitative estimate of drug-likeness (QED) is 0.820. The summed E-state index contributed by atoms with van der Waals surface area (Å²) < 4.78 is 0. The molecule has 0 amide bonds. The SMILES string of the molecule is CN(Cc1ccc(CN)cn1)CC1CCC1. The van der Waals surface area contributed by atoms with Crippen molar-refractivity contribution in [2.24, 2.45) is 11.7 Å². The minimum atomic E-state index is 0.575. The zero-order valence-electron chi connectivity index (χ0n) is 10.0. The summed E-state index contributed by atoms with van der Waals surface area (Å²) in [5.74, 6) is 0.924. The number of rotatable bonds is 5. The molecule has 0 aliphatic heterocycles. The zero-order valence-corrected chi connectivity index (χ0v) is 10.0. The maximum absolute atomic E-state index is 5.54. The molecule has 0 saturated heterocycles. The first-order valence-corrected chi connectivity index (χ1v) is 6.10. The van der Waals surface area contributed by atoms with Gasteiger partial charge in [0.25, 0.3) is 0 Å². The standard InChI is InChI=1S/C13H21N3/c1-16(9-11-3-2-4-11)10-13-6-5-12(7-14)8-15-13/h5-6,8,11H,2-4,7,9-10,14H2,1H3. The van der Waals surface area contributed by atoms with Gasteiger partial charge in [-0.1, -0.05) is 12.5 Å². The first-order chi connectivity index (χ1) is 7.78. The lowest BCUT2D eigenvalue weighted by atomic mass is 9.85. The van der Waals surface area contributed by atoms with Gasteiger partial charge in [-0.2, -0.15) is 0 Å². The molecule has 0 spiro atoms. The molecule has 16 heavy (non-hydrogen) atoms. The molecule has 1 aromatic heterocycles. The summed E-state index contributed by atoms with van der Waals surface area (Å²) in [4.78, 5) is 6.79. The summed E-state index contributed by atoms with van der Waals surface area (Å²) in [5.41, 5.74) is 7.78. The highest BCUT2D eigenvalue weighted by Gasteiger charge is 2.18. The number of pyridine rings is 1. The van der Waals surface area contributed by atoms with E-state index >= 15 is 0 Å². The van der Waals surface area contributed by atoms with Gasteiger partial charge in [-0.25, -0.2) is 0 Å². The van der Waals surface area contributed by atoms with Crippen LogP contribution in [-0.4, -0.2) is 23.5 Å². The highest BCUT2D eigenvalue weighted by Crippen LogP contribution is 2.26. The van der Waals surface area contributed by atoms with Gasteiger partial charge in [-0.15, -0.1) is 0 Å². The Morgan fingerprint density at radius 2 is 2.25 bits per heavy atom. The second-order valence-corrected chi connectivity index (χ2v) is 4.86. The zero-order chi connectivity index (χ0) is 11.4. The summed E-state index contributed by atoms with van der Waals surface area (Å²) >= 11 is 0. The minimum absolute atomic E-state index is 0.575. The maximum Gasteiger partial charge on any atom is 0.0544 e. The van der Waals surface area contributed by atoms with Crippen LogP contribution in [-0.2, 0) is 13.1 Å². The van der Waals surface area contributed by atoms with Crippen molar-refractivity contribution in [2.45, 2.75) is 32.4 Å². The first kappa shape index (κ1) is 11.6. The van der Waals surface area contributed by atoms with Crippen LogP contribution in [0.2, 0.25) is 0 Å². The maximum atomic E-state index is 5.54. The molecule has 0 atom stereocenters. The van der Waals surface area contributed by atoms with Crippen molar-refractivity contribution in [3.63, 3.8) is 0 Å². The van der Waals surface area contributed by atoms with Gasteiger partial charge in [0.1, 0.15) is 0 Å². The lowest BCUT2D eigenvalue weighted by Crippen LogP contribution is -2.29. The average molecular weight is 219 g/mol. The van der Waals surface area contributed by atoms with Crippen molar-refractivity contribution in [3.8, 4) is 0 Å². The van der Waals surface area contributed by atoms with Crippen LogP contribution >= 0.6 is 0 Å². The van der Waals surface area contributed by atoms with E-state index in [0.717, 1.165) is 23.7 Å². The molecule has 2 rings (SSSR count). The van der Waals surface area contributed by atoms with E-state index in [2.05, 4.69) is 29.1 Å².